The summed E-state index contributed by atoms with van der Waals surface area (Å²) < 4.78 is 2.50. The van der Waals surface area contributed by atoms with Crippen LogP contribution in [0.3, 0.4) is 0 Å². The van der Waals surface area contributed by atoms with Crippen LogP contribution in [0.1, 0.15) is 90.2 Å². The van der Waals surface area contributed by atoms with Crippen molar-refractivity contribution in [2.45, 2.75) is 96.9 Å². The topological polar surface area (TPSA) is 30.7 Å². The van der Waals surface area contributed by atoms with Crippen LogP contribution in [0.4, 0.5) is 0 Å². The molecule has 2 unspecified atom stereocenters. The molecule has 1 aromatic heterocycles. The predicted molar refractivity (Wildman–Crippen MR) is 91.0 cm³/mol. The van der Waals surface area contributed by atoms with Crippen LogP contribution in [0.15, 0.2) is 0 Å². The van der Waals surface area contributed by atoms with Gasteiger partial charge in [-0.3, -0.25) is 0 Å². The van der Waals surface area contributed by atoms with E-state index in [1.807, 2.05) is 0 Å². The molecule has 1 aliphatic heterocycles. The van der Waals surface area contributed by atoms with Gasteiger partial charge in [0.1, 0.15) is 11.6 Å². The molecule has 2 atom stereocenters. The Bertz CT molecular complexity index is 491. The zero-order valence-corrected chi connectivity index (χ0v) is 14.8. The first kappa shape index (κ1) is 16.0. The lowest BCUT2D eigenvalue weighted by molar-refractivity contribution is 0.199. The highest BCUT2D eigenvalue weighted by molar-refractivity contribution is 5.12. The third-order valence-corrected chi connectivity index (χ3v) is 5.78. The minimum Gasteiger partial charge on any atom is -0.315 e. The Morgan fingerprint density at radius 3 is 2.77 bits per heavy atom. The largest absolute Gasteiger partial charge is 0.315 e. The molecule has 3 heteroatoms. The smallest absolute Gasteiger partial charge is 0.138 e. The van der Waals surface area contributed by atoms with E-state index in [9.17, 15) is 0 Å². The Balaban J connectivity index is 1.82. The summed E-state index contributed by atoms with van der Waals surface area (Å²) in [4.78, 5) is 0. The Hall–Kier alpha value is -0.860. The molecule has 2 heterocycles. The van der Waals surface area contributed by atoms with Crippen molar-refractivity contribution in [2.24, 2.45) is 11.8 Å². The van der Waals surface area contributed by atoms with Crippen LogP contribution >= 0.6 is 0 Å². The van der Waals surface area contributed by atoms with E-state index in [1.54, 1.807) is 0 Å². The van der Waals surface area contributed by atoms with E-state index in [2.05, 4.69) is 30.4 Å². The van der Waals surface area contributed by atoms with Gasteiger partial charge in [0.15, 0.2) is 0 Å². The van der Waals surface area contributed by atoms with Gasteiger partial charge < -0.3 is 4.57 Å². The fraction of sp³-hybridized carbons (Fsp3) is 0.895. The van der Waals surface area contributed by atoms with Crippen LogP contribution < -0.4 is 0 Å². The van der Waals surface area contributed by atoms with Crippen LogP contribution in [-0.4, -0.2) is 14.8 Å². The highest BCUT2D eigenvalue weighted by Crippen LogP contribution is 2.43. The molecule has 0 radical (unpaired) electrons. The van der Waals surface area contributed by atoms with Crippen molar-refractivity contribution in [3.63, 3.8) is 0 Å². The SMILES string of the molecule is CC(C)CC1CCCC(C)(c2nnc3n2CCCCCC3)C1. The number of hydrogen-bond acceptors (Lipinski definition) is 2. The predicted octanol–water partition coefficient (Wildman–Crippen LogP) is 4.89. The average molecular weight is 303 g/mol. The van der Waals surface area contributed by atoms with Gasteiger partial charge in [-0.25, -0.2) is 0 Å². The maximum atomic E-state index is 4.70. The van der Waals surface area contributed by atoms with E-state index in [-0.39, 0.29) is 5.41 Å². The standard InChI is InChI=1S/C19H33N3/c1-15(2)13-16-9-8-11-19(3,14-16)18-21-20-17-10-6-4-5-7-12-22(17)18/h15-16H,4-14H2,1-3H3. The second-order valence-corrected chi connectivity index (χ2v) is 8.41. The van der Waals surface area contributed by atoms with Crippen molar-refractivity contribution in [1.82, 2.24) is 14.8 Å². The number of aryl methyl sites for hydroxylation is 1. The monoisotopic (exact) mass is 303 g/mol. The molecular formula is C19H33N3. The van der Waals surface area contributed by atoms with Crippen molar-refractivity contribution < 1.29 is 0 Å². The lowest BCUT2D eigenvalue weighted by atomic mass is 9.68. The van der Waals surface area contributed by atoms with Crippen LogP contribution in [0.5, 0.6) is 0 Å². The fourth-order valence-electron chi connectivity index (χ4n) is 4.80. The first-order valence-corrected chi connectivity index (χ1v) is 9.51. The molecule has 2 aliphatic rings. The maximum Gasteiger partial charge on any atom is 0.138 e. The highest BCUT2D eigenvalue weighted by atomic mass is 15.3. The molecular weight excluding hydrogens is 270 g/mol. The van der Waals surface area contributed by atoms with E-state index in [1.165, 1.54) is 69.4 Å². The molecule has 0 saturated heterocycles. The molecule has 0 spiro atoms. The molecule has 1 saturated carbocycles. The maximum absolute atomic E-state index is 4.70. The Morgan fingerprint density at radius 2 is 1.95 bits per heavy atom. The number of fused-ring (bicyclic) bond motifs is 1. The number of rotatable bonds is 3. The molecule has 3 rings (SSSR count). The first-order valence-electron chi connectivity index (χ1n) is 9.51. The first-order chi connectivity index (χ1) is 10.6. The normalized spacial score (nSPS) is 29.9. The van der Waals surface area contributed by atoms with Crippen LogP contribution in [0, 0.1) is 11.8 Å². The second kappa shape index (κ2) is 6.72. The van der Waals surface area contributed by atoms with Gasteiger partial charge in [0.25, 0.3) is 0 Å². The zero-order chi connectivity index (χ0) is 15.6. The highest BCUT2D eigenvalue weighted by Gasteiger charge is 2.38. The van der Waals surface area contributed by atoms with E-state index in [0.29, 0.717) is 0 Å². The molecule has 1 fully saturated rings. The summed E-state index contributed by atoms with van der Waals surface area (Å²) >= 11 is 0. The van der Waals surface area contributed by atoms with Crippen molar-refractivity contribution in [1.29, 1.82) is 0 Å². The molecule has 3 nitrogen and oxygen atoms in total. The number of hydrogen-bond donors (Lipinski definition) is 0. The number of aromatic nitrogens is 3. The molecule has 1 aliphatic carbocycles. The van der Waals surface area contributed by atoms with Gasteiger partial charge in [0.05, 0.1) is 0 Å². The zero-order valence-electron chi connectivity index (χ0n) is 14.8. The second-order valence-electron chi connectivity index (χ2n) is 8.41. The third-order valence-electron chi connectivity index (χ3n) is 5.78. The molecule has 124 valence electrons. The average Bonchev–Trinajstić information content (AvgIpc) is 2.80. The molecule has 0 bridgehead atoms. The van der Waals surface area contributed by atoms with Gasteiger partial charge >= 0.3 is 0 Å². The number of nitrogens with zero attached hydrogens (tertiary/aromatic N) is 3. The van der Waals surface area contributed by atoms with Gasteiger partial charge in [-0.2, -0.15) is 0 Å². The van der Waals surface area contributed by atoms with E-state index < -0.39 is 0 Å². The van der Waals surface area contributed by atoms with Crippen molar-refractivity contribution in [2.75, 3.05) is 0 Å². The minimum absolute atomic E-state index is 0.252. The van der Waals surface area contributed by atoms with Gasteiger partial charge in [-0.1, -0.05) is 46.5 Å². The van der Waals surface area contributed by atoms with Gasteiger partial charge in [-0.05, 0) is 43.9 Å². The molecule has 0 aromatic carbocycles. The van der Waals surface area contributed by atoms with E-state index >= 15 is 0 Å². The quantitative estimate of drug-likeness (QED) is 0.796. The summed E-state index contributed by atoms with van der Waals surface area (Å²) in [5.41, 5.74) is 0.252. The van der Waals surface area contributed by atoms with Gasteiger partial charge in [0.2, 0.25) is 0 Å². The minimum atomic E-state index is 0.252. The molecule has 0 amide bonds. The fourth-order valence-corrected chi connectivity index (χ4v) is 4.80. The lowest BCUT2D eigenvalue weighted by Crippen LogP contribution is -2.34. The van der Waals surface area contributed by atoms with E-state index in [0.717, 1.165) is 24.8 Å². The summed E-state index contributed by atoms with van der Waals surface area (Å²) in [5.74, 6) is 4.24. The van der Waals surface area contributed by atoms with Crippen LogP contribution in [-0.2, 0) is 18.4 Å². The summed E-state index contributed by atoms with van der Waals surface area (Å²) in [6, 6.07) is 0. The molecule has 1 aromatic rings. The summed E-state index contributed by atoms with van der Waals surface area (Å²) in [6.07, 6.45) is 13.2. The van der Waals surface area contributed by atoms with Crippen LogP contribution in [0.25, 0.3) is 0 Å². The van der Waals surface area contributed by atoms with Gasteiger partial charge in [-0.15, -0.1) is 10.2 Å². The van der Waals surface area contributed by atoms with Crippen molar-refractivity contribution in [3.8, 4) is 0 Å². The molecule has 0 N–H and O–H groups in total. The summed E-state index contributed by atoms with van der Waals surface area (Å²) in [5, 5.41) is 9.28. The Kier molecular flexibility index (Phi) is 4.89. The van der Waals surface area contributed by atoms with Gasteiger partial charge in [0, 0.05) is 18.4 Å². The van der Waals surface area contributed by atoms with Crippen LogP contribution in [0.2, 0.25) is 0 Å². The van der Waals surface area contributed by atoms with Crippen molar-refractivity contribution in [3.05, 3.63) is 11.6 Å². The Labute approximate surface area is 135 Å². The Morgan fingerprint density at radius 1 is 1.14 bits per heavy atom. The summed E-state index contributed by atoms with van der Waals surface area (Å²) in [6.45, 7) is 8.31. The lowest BCUT2D eigenvalue weighted by Gasteiger charge is -2.38. The van der Waals surface area contributed by atoms with Crippen molar-refractivity contribution >= 4 is 0 Å². The molecule has 22 heavy (non-hydrogen) atoms. The van der Waals surface area contributed by atoms with E-state index in [4.69, 9.17) is 5.10 Å². The summed E-state index contributed by atoms with van der Waals surface area (Å²) in [7, 11) is 0. The third kappa shape index (κ3) is 3.38.